The molecule has 2 aromatic rings. The molecular weight excluding hydrogens is 292 g/mol. The molecule has 0 spiro atoms. The van der Waals surface area contributed by atoms with Gasteiger partial charge in [-0.2, -0.15) is 5.10 Å². The lowest BCUT2D eigenvalue weighted by Gasteiger charge is -2.25. The standard InChI is InChI=1S/C17H24N4O2/c1-4-9-17(3,18)16(23)20-12(2)11-21-15(22)14-8-6-5-7-13(14)10-19-21/h5-8,10,12H,4,9,11,18H2,1-3H3,(H,20,23). The van der Waals surface area contributed by atoms with Gasteiger partial charge in [0.05, 0.1) is 23.7 Å². The quantitative estimate of drug-likeness (QED) is 0.843. The number of carbonyl (C=O) groups excluding carboxylic acids is 1. The number of nitrogens with zero attached hydrogens (tertiary/aromatic N) is 2. The summed E-state index contributed by atoms with van der Waals surface area (Å²) in [4.78, 5) is 24.6. The number of nitrogens with one attached hydrogen (secondary N) is 1. The van der Waals surface area contributed by atoms with Crippen LogP contribution in [0.15, 0.2) is 35.3 Å². The van der Waals surface area contributed by atoms with Crippen LogP contribution in [0.2, 0.25) is 0 Å². The van der Waals surface area contributed by atoms with E-state index in [1.165, 1.54) is 4.68 Å². The summed E-state index contributed by atoms with van der Waals surface area (Å²) < 4.78 is 1.38. The predicted molar refractivity (Wildman–Crippen MR) is 91.1 cm³/mol. The number of hydrogen-bond acceptors (Lipinski definition) is 4. The average Bonchev–Trinajstić information content (AvgIpc) is 2.50. The van der Waals surface area contributed by atoms with Crippen LogP contribution in [0.5, 0.6) is 0 Å². The van der Waals surface area contributed by atoms with Crippen molar-refractivity contribution >= 4 is 16.7 Å². The highest BCUT2D eigenvalue weighted by atomic mass is 16.2. The molecule has 1 aromatic carbocycles. The largest absolute Gasteiger partial charge is 0.350 e. The summed E-state index contributed by atoms with van der Waals surface area (Å²) in [6, 6.07) is 7.07. The van der Waals surface area contributed by atoms with Crippen LogP contribution < -0.4 is 16.6 Å². The first kappa shape index (κ1) is 17.1. The van der Waals surface area contributed by atoms with Gasteiger partial charge in [-0.25, -0.2) is 4.68 Å². The summed E-state index contributed by atoms with van der Waals surface area (Å²) >= 11 is 0. The van der Waals surface area contributed by atoms with Crippen LogP contribution in [0, 0.1) is 0 Å². The van der Waals surface area contributed by atoms with Gasteiger partial charge in [-0.15, -0.1) is 0 Å². The lowest BCUT2D eigenvalue weighted by Crippen LogP contribution is -2.54. The van der Waals surface area contributed by atoms with Crippen LogP contribution in [0.1, 0.15) is 33.6 Å². The van der Waals surface area contributed by atoms with Crippen molar-refractivity contribution in [2.75, 3.05) is 0 Å². The smallest absolute Gasteiger partial charge is 0.274 e. The fraction of sp³-hybridized carbons (Fsp3) is 0.471. The third-order valence-electron chi connectivity index (χ3n) is 3.87. The van der Waals surface area contributed by atoms with E-state index in [-0.39, 0.29) is 17.5 Å². The summed E-state index contributed by atoms with van der Waals surface area (Å²) in [7, 11) is 0. The van der Waals surface area contributed by atoms with Gasteiger partial charge in [-0.1, -0.05) is 31.5 Å². The van der Waals surface area contributed by atoms with Crippen molar-refractivity contribution in [2.45, 2.75) is 51.7 Å². The Balaban J connectivity index is 2.12. The van der Waals surface area contributed by atoms with E-state index in [1.54, 1.807) is 19.2 Å². The van der Waals surface area contributed by atoms with Crippen molar-refractivity contribution in [3.63, 3.8) is 0 Å². The van der Waals surface area contributed by atoms with E-state index in [2.05, 4.69) is 10.4 Å². The summed E-state index contributed by atoms with van der Waals surface area (Å²) in [6.07, 6.45) is 3.11. The molecule has 0 aliphatic rings. The lowest BCUT2D eigenvalue weighted by molar-refractivity contribution is -0.126. The zero-order valence-corrected chi connectivity index (χ0v) is 13.9. The van der Waals surface area contributed by atoms with E-state index in [0.717, 1.165) is 11.8 Å². The molecule has 1 amide bonds. The van der Waals surface area contributed by atoms with Gasteiger partial charge < -0.3 is 11.1 Å². The van der Waals surface area contributed by atoms with Crippen LogP contribution in [0.25, 0.3) is 10.8 Å². The normalized spacial score (nSPS) is 15.1. The molecule has 0 radical (unpaired) electrons. The summed E-state index contributed by atoms with van der Waals surface area (Å²) in [5.41, 5.74) is 4.96. The first-order chi connectivity index (χ1) is 10.8. The third-order valence-corrected chi connectivity index (χ3v) is 3.87. The Kier molecular flexibility index (Phi) is 5.15. The summed E-state index contributed by atoms with van der Waals surface area (Å²) in [5, 5.41) is 8.47. The molecule has 2 rings (SSSR count). The molecular formula is C17H24N4O2. The molecule has 23 heavy (non-hydrogen) atoms. The van der Waals surface area contributed by atoms with Gasteiger partial charge in [0.2, 0.25) is 5.91 Å². The Labute approximate surface area is 135 Å². The number of amides is 1. The van der Waals surface area contributed by atoms with Gasteiger partial charge in [0.25, 0.3) is 5.56 Å². The van der Waals surface area contributed by atoms with Crippen molar-refractivity contribution in [3.8, 4) is 0 Å². The van der Waals surface area contributed by atoms with Crippen molar-refractivity contribution < 1.29 is 4.79 Å². The molecule has 0 saturated heterocycles. The number of hydrogen-bond donors (Lipinski definition) is 2. The first-order valence-corrected chi connectivity index (χ1v) is 7.90. The highest BCUT2D eigenvalue weighted by Gasteiger charge is 2.28. The maximum absolute atomic E-state index is 12.4. The summed E-state index contributed by atoms with van der Waals surface area (Å²) in [6.45, 7) is 5.85. The van der Waals surface area contributed by atoms with Gasteiger partial charge >= 0.3 is 0 Å². The molecule has 2 atom stereocenters. The van der Waals surface area contributed by atoms with Crippen LogP contribution in [-0.2, 0) is 11.3 Å². The lowest BCUT2D eigenvalue weighted by atomic mass is 9.96. The van der Waals surface area contributed by atoms with Gasteiger partial charge in [0.15, 0.2) is 0 Å². The molecule has 6 heteroatoms. The first-order valence-electron chi connectivity index (χ1n) is 7.90. The van der Waals surface area contributed by atoms with E-state index in [4.69, 9.17) is 5.73 Å². The molecule has 124 valence electrons. The topological polar surface area (TPSA) is 90.0 Å². The second kappa shape index (κ2) is 6.91. The van der Waals surface area contributed by atoms with Gasteiger partial charge in [0.1, 0.15) is 0 Å². The molecule has 1 aromatic heterocycles. The maximum Gasteiger partial charge on any atom is 0.274 e. The van der Waals surface area contributed by atoms with Crippen LogP contribution in [-0.4, -0.2) is 27.3 Å². The van der Waals surface area contributed by atoms with E-state index >= 15 is 0 Å². The molecule has 0 saturated carbocycles. The number of benzene rings is 1. The Hall–Kier alpha value is -2.21. The minimum absolute atomic E-state index is 0.159. The number of rotatable bonds is 6. The fourth-order valence-electron chi connectivity index (χ4n) is 2.58. The number of carbonyl (C=O) groups is 1. The van der Waals surface area contributed by atoms with Crippen LogP contribution >= 0.6 is 0 Å². The molecule has 0 aliphatic heterocycles. The second-order valence-corrected chi connectivity index (χ2v) is 6.26. The Morgan fingerprint density at radius 1 is 1.43 bits per heavy atom. The highest BCUT2D eigenvalue weighted by molar-refractivity contribution is 5.85. The van der Waals surface area contributed by atoms with Crippen molar-refractivity contribution in [2.24, 2.45) is 5.73 Å². The molecule has 0 fully saturated rings. The molecule has 0 aliphatic carbocycles. The highest BCUT2D eigenvalue weighted by Crippen LogP contribution is 2.09. The zero-order chi connectivity index (χ0) is 17.0. The molecule has 3 N–H and O–H groups in total. The van der Waals surface area contributed by atoms with Gasteiger partial charge in [-0.05, 0) is 26.3 Å². The SMILES string of the molecule is CCCC(C)(N)C(=O)NC(C)Cn1ncc2ccccc2c1=O. The monoisotopic (exact) mass is 316 g/mol. The Morgan fingerprint density at radius 3 is 2.83 bits per heavy atom. The molecule has 6 nitrogen and oxygen atoms in total. The third kappa shape index (κ3) is 3.96. The molecule has 1 heterocycles. The van der Waals surface area contributed by atoms with Crippen molar-refractivity contribution in [1.82, 2.24) is 15.1 Å². The minimum atomic E-state index is -0.898. The van der Waals surface area contributed by atoms with Crippen molar-refractivity contribution in [3.05, 3.63) is 40.8 Å². The average molecular weight is 316 g/mol. The predicted octanol–water partition coefficient (Wildman–Crippen LogP) is 1.42. The summed E-state index contributed by atoms with van der Waals surface area (Å²) in [5.74, 6) is -0.208. The zero-order valence-electron chi connectivity index (χ0n) is 13.9. The maximum atomic E-state index is 12.4. The number of aromatic nitrogens is 2. The Morgan fingerprint density at radius 2 is 2.13 bits per heavy atom. The second-order valence-electron chi connectivity index (χ2n) is 6.26. The van der Waals surface area contributed by atoms with E-state index in [9.17, 15) is 9.59 Å². The van der Waals surface area contributed by atoms with E-state index in [1.807, 2.05) is 32.0 Å². The van der Waals surface area contributed by atoms with Crippen molar-refractivity contribution in [1.29, 1.82) is 0 Å². The van der Waals surface area contributed by atoms with Crippen LogP contribution in [0.3, 0.4) is 0 Å². The van der Waals surface area contributed by atoms with Gasteiger partial charge in [0, 0.05) is 11.4 Å². The molecule has 0 bridgehead atoms. The Bertz CT molecular complexity index is 752. The fourth-order valence-corrected chi connectivity index (χ4v) is 2.58. The number of fused-ring (bicyclic) bond motifs is 1. The van der Waals surface area contributed by atoms with Crippen LogP contribution in [0.4, 0.5) is 0 Å². The van der Waals surface area contributed by atoms with E-state index in [0.29, 0.717) is 18.4 Å². The molecule has 2 unspecified atom stereocenters. The van der Waals surface area contributed by atoms with Gasteiger partial charge in [-0.3, -0.25) is 9.59 Å². The number of nitrogens with two attached hydrogens (primary N) is 1. The van der Waals surface area contributed by atoms with E-state index < -0.39 is 5.54 Å². The minimum Gasteiger partial charge on any atom is -0.350 e.